The zero-order chi connectivity index (χ0) is 24.2. The molecule has 0 radical (unpaired) electrons. The van der Waals surface area contributed by atoms with Crippen molar-refractivity contribution in [3.05, 3.63) is 70.0 Å². The number of carbonyl (C=O) groups excluding carboxylic acids is 2. The van der Waals surface area contributed by atoms with Crippen molar-refractivity contribution in [1.29, 1.82) is 0 Å². The highest BCUT2D eigenvalue weighted by Crippen LogP contribution is 2.40. The number of methoxy groups -OCH3 is 1. The molecule has 2 aliphatic rings. The van der Waals surface area contributed by atoms with Gasteiger partial charge >= 0.3 is 0 Å². The summed E-state index contributed by atoms with van der Waals surface area (Å²) in [6.45, 7) is 4.03. The molecule has 1 amide bonds. The maximum absolute atomic E-state index is 13.6. The van der Waals surface area contributed by atoms with Crippen LogP contribution in [0.5, 0.6) is 5.75 Å². The lowest BCUT2D eigenvalue weighted by atomic mass is 9.95. The van der Waals surface area contributed by atoms with Gasteiger partial charge in [0.15, 0.2) is 0 Å². The Morgan fingerprint density at radius 3 is 2.50 bits per heavy atom. The number of amides is 1. The fourth-order valence-electron chi connectivity index (χ4n) is 4.36. The van der Waals surface area contributed by atoms with Gasteiger partial charge < -0.3 is 19.5 Å². The van der Waals surface area contributed by atoms with Crippen LogP contribution >= 0.6 is 11.6 Å². The summed E-state index contributed by atoms with van der Waals surface area (Å²) in [5, 5.41) is 11.4. The number of benzene rings is 2. The van der Waals surface area contributed by atoms with Crippen LogP contribution in [-0.2, 0) is 14.3 Å². The largest absolute Gasteiger partial charge is 0.507 e. The van der Waals surface area contributed by atoms with Gasteiger partial charge in [-0.2, -0.15) is 0 Å². The number of Topliss-reactive ketones (excluding diaryl/α,β-unsaturated/α-hetero) is 1. The van der Waals surface area contributed by atoms with Crippen LogP contribution in [0.4, 0.5) is 4.39 Å². The molecule has 2 saturated heterocycles. The van der Waals surface area contributed by atoms with Crippen LogP contribution in [0.3, 0.4) is 0 Å². The zero-order valence-corrected chi connectivity index (χ0v) is 19.6. The van der Waals surface area contributed by atoms with Gasteiger partial charge in [0.2, 0.25) is 0 Å². The second-order valence-corrected chi connectivity index (χ2v) is 8.61. The number of ether oxygens (including phenoxy) is 2. The molecule has 9 heteroatoms. The quantitative estimate of drug-likeness (QED) is 0.364. The van der Waals surface area contributed by atoms with E-state index in [0.29, 0.717) is 37.5 Å². The average Bonchev–Trinajstić information content (AvgIpc) is 3.09. The molecule has 0 spiro atoms. The highest BCUT2D eigenvalue weighted by molar-refractivity contribution is 6.46. The van der Waals surface area contributed by atoms with E-state index in [1.807, 2.05) is 0 Å². The number of aliphatic hydroxyl groups is 1. The Bertz CT molecular complexity index is 1100. The molecule has 0 aromatic heterocycles. The number of aliphatic hydroxyl groups excluding tert-OH is 1. The molecule has 2 aliphatic heterocycles. The number of nitrogens with zero attached hydrogens (tertiary/aromatic N) is 2. The fraction of sp³-hybridized carbons (Fsp3) is 0.360. The van der Waals surface area contributed by atoms with Gasteiger partial charge in [0.05, 0.1) is 37.0 Å². The minimum atomic E-state index is -0.842. The van der Waals surface area contributed by atoms with Crippen molar-refractivity contribution in [2.45, 2.75) is 12.5 Å². The van der Waals surface area contributed by atoms with Gasteiger partial charge in [0.1, 0.15) is 17.3 Å². The first-order valence-corrected chi connectivity index (χ1v) is 11.5. The minimum absolute atomic E-state index is 0.0517. The van der Waals surface area contributed by atoms with E-state index in [1.165, 1.54) is 42.3 Å². The number of rotatable bonds is 7. The molecular weight excluding hydrogens is 463 g/mol. The van der Waals surface area contributed by atoms with Crippen LogP contribution in [0.2, 0.25) is 5.02 Å². The number of carbonyl (C=O) groups is 2. The molecule has 2 aromatic carbocycles. The van der Waals surface area contributed by atoms with Crippen LogP contribution in [0.25, 0.3) is 5.76 Å². The molecule has 7 nitrogen and oxygen atoms in total. The van der Waals surface area contributed by atoms with Crippen LogP contribution in [0, 0.1) is 5.82 Å². The third kappa shape index (κ3) is 4.94. The average molecular weight is 489 g/mol. The van der Waals surface area contributed by atoms with Gasteiger partial charge in [-0.1, -0.05) is 23.7 Å². The molecule has 1 N–H and O–H groups in total. The molecule has 2 heterocycles. The normalized spacial score (nSPS) is 20.7. The van der Waals surface area contributed by atoms with Crippen molar-refractivity contribution in [3.8, 4) is 5.75 Å². The third-order valence-corrected chi connectivity index (χ3v) is 6.42. The SMILES string of the molecule is COc1ccc(C(O)=C2C(=O)C(=O)N(CCCN3CCOCC3)[C@H]2c2ccc(F)cc2)cc1Cl. The van der Waals surface area contributed by atoms with E-state index in [2.05, 4.69) is 4.90 Å². The summed E-state index contributed by atoms with van der Waals surface area (Å²) in [6, 6.07) is 9.36. The molecule has 0 bridgehead atoms. The summed E-state index contributed by atoms with van der Waals surface area (Å²) in [7, 11) is 1.47. The van der Waals surface area contributed by atoms with E-state index in [0.717, 1.165) is 19.6 Å². The van der Waals surface area contributed by atoms with Crippen molar-refractivity contribution in [2.75, 3.05) is 46.5 Å². The Morgan fingerprint density at radius 2 is 1.85 bits per heavy atom. The van der Waals surface area contributed by atoms with Crippen molar-refractivity contribution in [1.82, 2.24) is 9.80 Å². The van der Waals surface area contributed by atoms with Gasteiger partial charge in [0.25, 0.3) is 11.7 Å². The van der Waals surface area contributed by atoms with Gasteiger partial charge in [-0.3, -0.25) is 14.5 Å². The van der Waals surface area contributed by atoms with Gasteiger partial charge in [-0.15, -0.1) is 0 Å². The van der Waals surface area contributed by atoms with Crippen LogP contribution in [0.1, 0.15) is 23.6 Å². The van der Waals surface area contributed by atoms with Crippen molar-refractivity contribution < 1.29 is 28.6 Å². The minimum Gasteiger partial charge on any atom is -0.507 e. The Labute approximate surface area is 202 Å². The molecule has 2 aromatic rings. The number of halogens is 2. The smallest absolute Gasteiger partial charge is 0.295 e. The fourth-order valence-corrected chi connectivity index (χ4v) is 4.62. The third-order valence-electron chi connectivity index (χ3n) is 6.13. The zero-order valence-electron chi connectivity index (χ0n) is 18.8. The summed E-state index contributed by atoms with van der Waals surface area (Å²) in [5.74, 6) is -1.85. The molecule has 4 rings (SSSR count). The summed E-state index contributed by atoms with van der Waals surface area (Å²) < 4.78 is 24.1. The molecule has 1 atom stereocenters. The van der Waals surface area contributed by atoms with Crippen molar-refractivity contribution in [3.63, 3.8) is 0 Å². The number of morpholine rings is 1. The van der Waals surface area contributed by atoms with E-state index in [-0.39, 0.29) is 21.9 Å². The van der Waals surface area contributed by atoms with Gasteiger partial charge in [-0.25, -0.2) is 4.39 Å². The Morgan fingerprint density at radius 1 is 1.15 bits per heavy atom. The Balaban J connectivity index is 1.68. The topological polar surface area (TPSA) is 79.3 Å². The summed E-state index contributed by atoms with van der Waals surface area (Å²) in [4.78, 5) is 29.8. The lowest BCUT2D eigenvalue weighted by Crippen LogP contribution is -2.38. The molecule has 2 fully saturated rings. The number of ketones is 1. The summed E-state index contributed by atoms with van der Waals surface area (Å²) in [6.07, 6.45) is 0.638. The predicted octanol–water partition coefficient (Wildman–Crippen LogP) is 3.63. The molecule has 34 heavy (non-hydrogen) atoms. The summed E-state index contributed by atoms with van der Waals surface area (Å²) >= 11 is 6.21. The second-order valence-electron chi connectivity index (χ2n) is 8.20. The number of hydrogen-bond donors (Lipinski definition) is 1. The first kappa shape index (κ1) is 24.2. The highest BCUT2D eigenvalue weighted by Gasteiger charge is 2.45. The lowest BCUT2D eigenvalue weighted by Gasteiger charge is -2.29. The highest BCUT2D eigenvalue weighted by atomic mass is 35.5. The van der Waals surface area contributed by atoms with E-state index in [9.17, 15) is 19.1 Å². The van der Waals surface area contributed by atoms with Crippen LogP contribution < -0.4 is 4.74 Å². The summed E-state index contributed by atoms with van der Waals surface area (Å²) in [5.41, 5.74) is 0.765. The van der Waals surface area contributed by atoms with Gasteiger partial charge in [0, 0.05) is 31.7 Å². The maximum Gasteiger partial charge on any atom is 0.295 e. The second kappa shape index (κ2) is 10.5. The number of likely N-dealkylation sites (tertiary alicyclic amines) is 1. The van der Waals surface area contributed by atoms with Gasteiger partial charge in [-0.05, 0) is 42.3 Å². The van der Waals surface area contributed by atoms with Crippen LogP contribution in [-0.4, -0.2) is 73.1 Å². The van der Waals surface area contributed by atoms with E-state index in [4.69, 9.17) is 21.1 Å². The van der Waals surface area contributed by atoms with Crippen LogP contribution in [0.15, 0.2) is 48.0 Å². The molecule has 0 unspecified atom stereocenters. The maximum atomic E-state index is 13.6. The first-order chi connectivity index (χ1) is 16.4. The predicted molar refractivity (Wildman–Crippen MR) is 125 cm³/mol. The van der Waals surface area contributed by atoms with E-state index >= 15 is 0 Å². The van der Waals surface area contributed by atoms with E-state index < -0.39 is 23.5 Å². The Hall–Kier alpha value is -2.94. The monoisotopic (exact) mass is 488 g/mol. The Kier molecular flexibility index (Phi) is 7.50. The first-order valence-electron chi connectivity index (χ1n) is 11.1. The lowest BCUT2D eigenvalue weighted by molar-refractivity contribution is -0.140. The molecule has 0 aliphatic carbocycles. The van der Waals surface area contributed by atoms with E-state index in [1.54, 1.807) is 12.1 Å². The molecule has 0 saturated carbocycles. The van der Waals surface area contributed by atoms with Crippen molar-refractivity contribution in [2.24, 2.45) is 0 Å². The standard InChI is InChI=1S/C25H26ClFN2O5/c1-33-20-8-5-17(15-19(20)26)23(30)21-22(16-3-6-18(27)7-4-16)29(25(32)24(21)31)10-2-9-28-11-13-34-14-12-28/h3-8,15,22,30H,2,9-14H2,1H3/t22-/m0/s1. The number of hydrogen-bond acceptors (Lipinski definition) is 6. The van der Waals surface area contributed by atoms with Crippen molar-refractivity contribution >= 4 is 29.1 Å². The molecule has 180 valence electrons. The molecular formula is C25H26ClFN2O5.